The number of rotatable bonds is 5. The van der Waals surface area contributed by atoms with E-state index in [0.29, 0.717) is 6.42 Å². The predicted octanol–water partition coefficient (Wildman–Crippen LogP) is 2.68. The molecule has 0 saturated heterocycles. The van der Waals surface area contributed by atoms with Gasteiger partial charge in [0, 0.05) is 11.7 Å². The first-order chi connectivity index (χ1) is 8.93. The maximum atomic E-state index is 11.9. The molecule has 0 aliphatic carbocycles. The smallest absolute Gasteiger partial charge is 0.319 e. The van der Waals surface area contributed by atoms with Crippen molar-refractivity contribution in [3.63, 3.8) is 0 Å². The van der Waals surface area contributed by atoms with E-state index in [-0.39, 0.29) is 18.5 Å². The second-order valence-corrected chi connectivity index (χ2v) is 4.57. The van der Waals surface area contributed by atoms with Gasteiger partial charge in [0.05, 0.1) is 6.42 Å². The normalized spacial score (nSPS) is 11.7. The standard InChI is InChI=1S/C14H20N2O3/c1-4-11(8-12(17)18)15-14(19)16-13-9(2)6-5-7-10(13)3/h5-7,11H,4,8H2,1-3H3,(H,17,18)(H2,15,16,19). The van der Waals surface area contributed by atoms with Crippen molar-refractivity contribution in [1.82, 2.24) is 5.32 Å². The fourth-order valence-electron chi connectivity index (χ4n) is 1.85. The van der Waals surface area contributed by atoms with Crippen molar-refractivity contribution in [2.45, 2.75) is 39.7 Å². The average molecular weight is 264 g/mol. The number of hydrogen-bond donors (Lipinski definition) is 3. The molecule has 104 valence electrons. The highest BCUT2D eigenvalue weighted by atomic mass is 16.4. The number of para-hydroxylation sites is 1. The quantitative estimate of drug-likeness (QED) is 0.765. The first-order valence-electron chi connectivity index (χ1n) is 6.29. The fourth-order valence-corrected chi connectivity index (χ4v) is 1.85. The third kappa shape index (κ3) is 4.62. The fraction of sp³-hybridized carbons (Fsp3) is 0.429. The van der Waals surface area contributed by atoms with Crippen molar-refractivity contribution in [1.29, 1.82) is 0 Å². The number of carboxylic acids is 1. The van der Waals surface area contributed by atoms with Crippen LogP contribution in [0.25, 0.3) is 0 Å². The van der Waals surface area contributed by atoms with E-state index < -0.39 is 5.97 Å². The average Bonchev–Trinajstić information content (AvgIpc) is 2.32. The zero-order valence-corrected chi connectivity index (χ0v) is 11.5. The van der Waals surface area contributed by atoms with E-state index in [2.05, 4.69) is 10.6 Å². The zero-order valence-electron chi connectivity index (χ0n) is 11.5. The molecule has 0 spiro atoms. The molecule has 0 radical (unpaired) electrons. The van der Waals surface area contributed by atoms with Crippen LogP contribution in [0, 0.1) is 13.8 Å². The van der Waals surface area contributed by atoms with Gasteiger partial charge in [0.2, 0.25) is 0 Å². The maximum absolute atomic E-state index is 11.9. The van der Waals surface area contributed by atoms with Gasteiger partial charge >= 0.3 is 12.0 Å². The van der Waals surface area contributed by atoms with Crippen LogP contribution in [0.15, 0.2) is 18.2 Å². The summed E-state index contributed by atoms with van der Waals surface area (Å²) in [6, 6.07) is 5.02. The summed E-state index contributed by atoms with van der Waals surface area (Å²) in [6.45, 7) is 5.67. The molecule has 0 fully saturated rings. The van der Waals surface area contributed by atoms with Crippen molar-refractivity contribution in [3.05, 3.63) is 29.3 Å². The zero-order chi connectivity index (χ0) is 14.4. The lowest BCUT2D eigenvalue weighted by Gasteiger charge is -2.17. The van der Waals surface area contributed by atoms with Gasteiger partial charge in [0.1, 0.15) is 0 Å². The molecular weight excluding hydrogens is 244 g/mol. The topological polar surface area (TPSA) is 78.4 Å². The highest BCUT2D eigenvalue weighted by molar-refractivity contribution is 5.91. The van der Waals surface area contributed by atoms with E-state index in [1.165, 1.54) is 0 Å². The molecule has 1 atom stereocenters. The highest BCUT2D eigenvalue weighted by Crippen LogP contribution is 2.19. The van der Waals surface area contributed by atoms with Gasteiger partial charge in [-0.25, -0.2) is 4.79 Å². The number of hydrogen-bond acceptors (Lipinski definition) is 2. The third-order valence-electron chi connectivity index (χ3n) is 2.97. The first kappa shape index (κ1) is 15.0. The molecule has 1 aromatic rings. The second kappa shape index (κ2) is 6.78. The second-order valence-electron chi connectivity index (χ2n) is 4.57. The van der Waals surface area contributed by atoms with Crippen LogP contribution < -0.4 is 10.6 Å². The molecule has 2 amide bonds. The molecule has 0 saturated carbocycles. The summed E-state index contributed by atoms with van der Waals surface area (Å²) in [7, 11) is 0. The van der Waals surface area contributed by atoms with Crippen molar-refractivity contribution in [2.75, 3.05) is 5.32 Å². The number of anilines is 1. The lowest BCUT2D eigenvalue weighted by Crippen LogP contribution is -2.39. The number of urea groups is 1. The first-order valence-corrected chi connectivity index (χ1v) is 6.29. The molecule has 0 bridgehead atoms. The Kier molecular flexibility index (Phi) is 5.36. The Labute approximate surface area is 113 Å². The molecule has 0 aromatic heterocycles. The van der Waals surface area contributed by atoms with Gasteiger partial charge < -0.3 is 15.7 Å². The molecule has 3 N–H and O–H groups in total. The number of aliphatic carboxylic acids is 1. The number of nitrogens with one attached hydrogen (secondary N) is 2. The van der Waals surface area contributed by atoms with Gasteiger partial charge in [-0.2, -0.15) is 0 Å². The molecule has 1 aromatic carbocycles. The van der Waals surface area contributed by atoms with E-state index in [1.807, 2.05) is 39.0 Å². The molecule has 0 heterocycles. The van der Waals surface area contributed by atoms with Crippen LogP contribution in [0.2, 0.25) is 0 Å². The molecule has 1 unspecified atom stereocenters. The van der Waals surface area contributed by atoms with Gasteiger partial charge in [-0.1, -0.05) is 25.1 Å². The number of benzene rings is 1. The minimum Gasteiger partial charge on any atom is -0.481 e. The van der Waals surface area contributed by atoms with Crippen molar-refractivity contribution in [2.24, 2.45) is 0 Å². The monoisotopic (exact) mass is 264 g/mol. The van der Waals surface area contributed by atoms with Crippen molar-refractivity contribution >= 4 is 17.7 Å². The third-order valence-corrected chi connectivity index (χ3v) is 2.97. The lowest BCUT2D eigenvalue weighted by molar-refractivity contribution is -0.137. The van der Waals surface area contributed by atoms with Crippen LogP contribution in [0.3, 0.4) is 0 Å². The maximum Gasteiger partial charge on any atom is 0.319 e. The molecule has 0 aliphatic heterocycles. The number of aryl methyl sites for hydroxylation is 2. The molecule has 0 aliphatic rings. The number of carbonyl (C=O) groups is 2. The summed E-state index contributed by atoms with van der Waals surface area (Å²) < 4.78 is 0. The molecule has 5 nitrogen and oxygen atoms in total. The summed E-state index contributed by atoms with van der Waals surface area (Å²) >= 11 is 0. The van der Waals surface area contributed by atoms with Crippen LogP contribution >= 0.6 is 0 Å². The molecule has 1 rings (SSSR count). The largest absolute Gasteiger partial charge is 0.481 e. The summed E-state index contributed by atoms with van der Waals surface area (Å²) in [4.78, 5) is 22.5. The predicted molar refractivity (Wildman–Crippen MR) is 74.4 cm³/mol. The minimum absolute atomic E-state index is 0.0727. The van der Waals surface area contributed by atoms with E-state index in [0.717, 1.165) is 16.8 Å². The van der Waals surface area contributed by atoms with Gasteiger partial charge in [-0.05, 0) is 31.4 Å². The Morgan fingerprint density at radius 2 is 1.84 bits per heavy atom. The van der Waals surface area contributed by atoms with E-state index in [9.17, 15) is 9.59 Å². The Bertz CT molecular complexity index is 452. The summed E-state index contributed by atoms with van der Waals surface area (Å²) in [5, 5.41) is 14.2. The number of carboxylic acid groups (broad SMARTS) is 1. The number of carbonyl (C=O) groups excluding carboxylic acids is 1. The van der Waals surface area contributed by atoms with E-state index in [1.54, 1.807) is 0 Å². The summed E-state index contributed by atoms with van der Waals surface area (Å²) in [5.74, 6) is -0.917. The SMILES string of the molecule is CCC(CC(=O)O)NC(=O)Nc1c(C)cccc1C. The van der Waals surface area contributed by atoms with Crippen LogP contribution in [0.5, 0.6) is 0 Å². The molecule has 19 heavy (non-hydrogen) atoms. The van der Waals surface area contributed by atoms with Crippen LogP contribution in [0.4, 0.5) is 10.5 Å². The minimum atomic E-state index is -0.917. The Hall–Kier alpha value is -2.04. The Morgan fingerprint density at radius 1 is 1.26 bits per heavy atom. The van der Waals surface area contributed by atoms with Gasteiger partial charge in [-0.15, -0.1) is 0 Å². The number of amides is 2. The van der Waals surface area contributed by atoms with Gasteiger partial charge in [0.15, 0.2) is 0 Å². The lowest BCUT2D eigenvalue weighted by atomic mass is 10.1. The summed E-state index contributed by atoms with van der Waals surface area (Å²) in [6.07, 6.45) is 0.503. The van der Waals surface area contributed by atoms with Crippen LogP contribution in [-0.4, -0.2) is 23.1 Å². The molecular formula is C14H20N2O3. The summed E-state index contributed by atoms with van der Waals surface area (Å²) in [5.41, 5.74) is 2.72. The van der Waals surface area contributed by atoms with E-state index in [4.69, 9.17) is 5.11 Å². The van der Waals surface area contributed by atoms with Crippen molar-refractivity contribution < 1.29 is 14.7 Å². The molecule has 5 heteroatoms. The van der Waals surface area contributed by atoms with Gasteiger partial charge in [-0.3, -0.25) is 4.79 Å². The highest BCUT2D eigenvalue weighted by Gasteiger charge is 2.14. The van der Waals surface area contributed by atoms with Crippen LogP contribution in [-0.2, 0) is 4.79 Å². The Balaban J connectivity index is 2.67. The van der Waals surface area contributed by atoms with Crippen LogP contribution in [0.1, 0.15) is 30.9 Å². The Morgan fingerprint density at radius 3 is 2.32 bits per heavy atom. The van der Waals surface area contributed by atoms with Crippen molar-refractivity contribution in [3.8, 4) is 0 Å². The van der Waals surface area contributed by atoms with E-state index >= 15 is 0 Å². The van der Waals surface area contributed by atoms with Gasteiger partial charge in [0.25, 0.3) is 0 Å².